The molecule has 3 aromatic rings. The van der Waals surface area contributed by atoms with Crippen molar-refractivity contribution >= 4 is 22.5 Å². The average molecular weight is 351 g/mol. The van der Waals surface area contributed by atoms with Gasteiger partial charge >= 0.3 is 0 Å². The third kappa shape index (κ3) is 2.59. The van der Waals surface area contributed by atoms with Crippen molar-refractivity contribution in [3.8, 4) is 5.82 Å². The van der Waals surface area contributed by atoms with Gasteiger partial charge in [-0.25, -0.2) is 9.67 Å². The maximum Gasteiger partial charge on any atom is 0.275 e. The molecule has 0 unspecified atom stereocenters. The van der Waals surface area contributed by atoms with E-state index in [4.69, 9.17) is 0 Å². The third-order valence-electron chi connectivity index (χ3n) is 4.59. The second-order valence-electron chi connectivity index (χ2n) is 6.49. The summed E-state index contributed by atoms with van der Waals surface area (Å²) in [7, 11) is 1.54. The first-order valence-electron chi connectivity index (χ1n) is 8.35. The van der Waals surface area contributed by atoms with Gasteiger partial charge in [-0.3, -0.25) is 14.9 Å². The van der Waals surface area contributed by atoms with E-state index in [-0.39, 0.29) is 22.4 Å². The van der Waals surface area contributed by atoms with Gasteiger partial charge in [0.05, 0.1) is 4.92 Å². The number of aryl methyl sites for hydroxylation is 1. The molecule has 0 bridgehead atoms. The lowest BCUT2D eigenvalue weighted by Crippen LogP contribution is -2.22. The van der Waals surface area contributed by atoms with E-state index in [9.17, 15) is 14.9 Å². The number of pyridine rings is 1. The van der Waals surface area contributed by atoms with Crippen LogP contribution >= 0.6 is 0 Å². The second kappa shape index (κ2) is 5.91. The summed E-state index contributed by atoms with van der Waals surface area (Å²) in [6, 6.07) is 6.85. The number of rotatable bonds is 4. The summed E-state index contributed by atoms with van der Waals surface area (Å²) in [6.07, 6.45) is 3.54. The average Bonchev–Trinajstić information content (AvgIpc) is 3.41. The van der Waals surface area contributed by atoms with Crippen LogP contribution in [0.3, 0.4) is 0 Å². The summed E-state index contributed by atoms with van der Waals surface area (Å²) in [6.45, 7) is 1.92. The molecule has 26 heavy (non-hydrogen) atoms. The van der Waals surface area contributed by atoms with Crippen molar-refractivity contribution in [3.05, 3.63) is 57.4 Å². The van der Waals surface area contributed by atoms with Crippen molar-refractivity contribution in [3.63, 3.8) is 0 Å². The number of nitrogens with one attached hydrogen (secondary N) is 1. The first-order valence-corrected chi connectivity index (χ1v) is 8.35. The van der Waals surface area contributed by atoms with Gasteiger partial charge < -0.3 is 5.32 Å². The molecule has 2 aromatic heterocycles. The van der Waals surface area contributed by atoms with Gasteiger partial charge in [0.15, 0.2) is 5.82 Å². The van der Waals surface area contributed by atoms with Crippen molar-refractivity contribution in [2.75, 3.05) is 7.05 Å². The van der Waals surface area contributed by atoms with Crippen molar-refractivity contribution in [1.29, 1.82) is 0 Å². The zero-order chi connectivity index (χ0) is 18.4. The summed E-state index contributed by atoms with van der Waals surface area (Å²) in [5.74, 6) is 0.352. The molecule has 2 heterocycles. The van der Waals surface area contributed by atoms with Crippen LogP contribution in [0.15, 0.2) is 30.5 Å². The van der Waals surface area contributed by atoms with Crippen LogP contribution in [0.4, 0.5) is 5.69 Å². The van der Waals surface area contributed by atoms with E-state index in [0.29, 0.717) is 28.0 Å². The van der Waals surface area contributed by atoms with Gasteiger partial charge in [0, 0.05) is 30.3 Å². The van der Waals surface area contributed by atoms with Crippen LogP contribution in [-0.2, 0) is 0 Å². The Morgan fingerprint density at radius 1 is 1.35 bits per heavy atom. The lowest BCUT2D eigenvalue weighted by Gasteiger charge is -2.06. The minimum atomic E-state index is -0.379. The fraction of sp³-hybridized carbons (Fsp3) is 0.278. The molecule has 1 aromatic carbocycles. The highest BCUT2D eigenvalue weighted by Crippen LogP contribution is 2.45. The van der Waals surface area contributed by atoms with E-state index in [1.807, 2.05) is 13.0 Å². The van der Waals surface area contributed by atoms with E-state index in [1.54, 1.807) is 25.4 Å². The fourth-order valence-electron chi connectivity index (χ4n) is 3.11. The number of nitro groups is 1. The van der Waals surface area contributed by atoms with Gasteiger partial charge in [-0.2, -0.15) is 5.10 Å². The van der Waals surface area contributed by atoms with Crippen molar-refractivity contribution in [2.45, 2.75) is 25.7 Å². The Labute approximate surface area is 149 Å². The Hall–Kier alpha value is -3.29. The number of carbonyl (C=O) groups is 1. The molecule has 4 rings (SSSR count). The van der Waals surface area contributed by atoms with Crippen LogP contribution in [0.5, 0.6) is 0 Å². The Morgan fingerprint density at radius 3 is 2.69 bits per heavy atom. The molecule has 0 radical (unpaired) electrons. The molecule has 1 saturated carbocycles. The van der Waals surface area contributed by atoms with Crippen molar-refractivity contribution in [1.82, 2.24) is 20.1 Å². The predicted molar refractivity (Wildman–Crippen MR) is 95.6 cm³/mol. The van der Waals surface area contributed by atoms with E-state index < -0.39 is 0 Å². The second-order valence-corrected chi connectivity index (χ2v) is 6.49. The normalized spacial score (nSPS) is 13.8. The monoisotopic (exact) mass is 351 g/mol. The smallest absolute Gasteiger partial charge is 0.275 e. The first kappa shape index (κ1) is 16.2. The van der Waals surface area contributed by atoms with Gasteiger partial charge in [-0.15, -0.1) is 0 Å². The molecule has 0 spiro atoms. The maximum atomic E-state index is 12.5. The summed E-state index contributed by atoms with van der Waals surface area (Å²) < 4.78 is 1.45. The fourth-order valence-corrected chi connectivity index (χ4v) is 3.11. The maximum absolute atomic E-state index is 12.5. The molecule has 0 aliphatic heterocycles. The molecule has 8 heteroatoms. The number of benzene rings is 1. The summed E-state index contributed by atoms with van der Waals surface area (Å²) >= 11 is 0. The lowest BCUT2D eigenvalue weighted by molar-refractivity contribution is -0.385. The molecule has 132 valence electrons. The number of nitro benzene ring substituents is 1. The molecular formula is C18H17N5O3. The Bertz CT molecular complexity index is 1040. The zero-order valence-corrected chi connectivity index (χ0v) is 14.4. The quantitative estimate of drug-likeness (QED) is 0.575. The highest BCUT2D eigenvalue weighted by atomic mass is 16.6. The highest BCUT2D eigenvalue weighted by Gasteiger charge is 2.33. The molecule has 1 aliphatic carbocycles. The van der Waals surface area contributed by atoms with Gasteiger partial charge in [-0.05, 0) is 43.4 Å². The molecule has 1 fully saturated rings. The minimum Gasteiger partial charge on any atom is -0.354 e. The molecule has 1 N–H and O–H groups in total. The molecule has 1 amide bonds. The molecule has 0 atom stereocenters. The number of fused-ring (bicyclic) bond motifs is 1. The van der Waals surface area contributed by atoms with E-state index in [1.165, 1.54) is 10.7 Å². The van der Waals surface area contributed by atoms with Crippen LogP contribution in [0, 0.1) is 17.0 Å². The van der Waals surface area contributed by atoms with Gasteiger partial charge in [0.1, 0.15) is 11.2 Å². The standard InChI is InChI=1S/C18H17N5O3/c1-10-3-6-16(20-9-10)22-17(18(24)19-2)13-7-12(11-4-5-11)15(23(25)26)8-14(13)21-22/h3,6-9,11H,4-5H2,1-2H3,(H,19,24). The number of hydrogen-bond acceptors (Lipinski definition) is 5. The Kier molecular flexibility index (Phi) is 3.68. The summed E-state index contributed by atoms with van der Waals surface area (Å²) in [5, 5.41) is 19.1. The number of carbonyl (C=O) groups excluding carboxylic acids is 1. The Balaban J connectivity index is 2.01. The predicted octanol–water partition coefficient (Wildman–Crippen LogP) is 2.87. The molecule has 1 aliphatic rings. The summed E-state index contributed by atoms with van der Waals surface area (Å²) in [5.41, 5.74) is 2.45. The van der Waals surface area contributed by atoms with Crippen molar-refractivity contribution < 1.29 is 9.72 Å². The topological polar surface area (TPSA) is 103 Å². The van der Waals surface area contributed by atoms with Crippen LogP contribution in [0.2, 0.25) is 0 Å². The first-order chi connectivity index (χ1) is 12.5. The van der Waals surface area contributed by atoms with Gasteiger partial charge in [0.25, 0.3) is 11.6 Å². The van der Waals surface area contributed by atoms with Crippen molar-refractivity contribution in [2.24, 2.45) is 0 Å². The van der Waals surface area contributed by atoms with Crippen LogP contribution in [-0.4, -0.2) is 32.6 Å². The van der Waals surface area contributed by atoms with E-state index >= 15 is 0 Å². The minimum absolute atomic E-state index is 0.0602. The Morgan fingerprint density at radius 2 is 2.12 bits per heavy atom. The zero-order valence-electron chi connectivity index (χ0n) is 14.4. The van der Waals surface area contributed by atoms with E-state index in [0.717, 1.165) is 18.4 Å². The third-order valence-corrected chi connectivity index (χ3v) is 4.59. The number of amides is 1. The molecule has 0 saturated heterocycles. The lowest BCUT2D eigenvalue weighted by atomic mass is 10.0. The highest BCUT2D eigenvalue weighted by molar-refractivity contribution is 6.06. The number of aromatic nitrogens is 3. The van der Waals surface area contributed by atoms with E-state index in [2.05, 4.69) is 15.4 Å². The van der Waals surface area contributed by atoms with Gasteiger partial charge in [0.2, 0.25) is 0 Å². The largest absolute Gasteiger partial charge is 0.354 e. The number of nitrogens with zero attached hydrogens (tertiary/aromatic N) is 4. The molecular weight excluding hydrogens is 334 g/mol. The molecule has 8 nitrogen and oxygen atoms in total. The van der Waals surface area contributed by atoms with Crippen LogP contribution in [0.25, 0.3) is 16.7 Å². The van der Waals surface area contributed by atoms with Crippen LogP contribution in [0.1, 0.15) is 40.4 Å². The SMILES string of the molecule is CNC(=O)c1c2cc(C3CC3)c([N+](=O)[O-])cc2nn1-c1ccc(C)cn1. The van der Waals surface area contributed by atoms with Gasteiger partial charge in [-0.1, -0.05) is 6.07 Å². The van der Waals surface area contributed by atoms with Crippen LogP contribution < -0.4 is 5.32 Å². The summed E-state index contributed by atoms with van der Waals surface area (Å²) in [4.78, 5) is 28.0. The number of hydrogen-bond donors (Lipinski definition) is 1.